The molecule has 1 fully saturated rings. The molecule has 0 radical (unpaired) electrons. The van der Waals surface area contributed by atoms with E-state index in [1.54, 1.807) is 12.1 Å². The lowest BCUT2D eigenvalue weighted by Gasteiger charge is -2.55. The Morgan fingerprint density at radius 3 is 2.60 bits per heavy atom. The number of rotatable bonds is 8. The summed E-state index contributed by atoms with van der Waals surface area (Å²) in [6, 6.07) is 2.29. The van der Waals surface area contributed by atoms with E-state index in [1.807, 2.05) is 0 Å². The molecular weight excluding hydrogens is 611 g/mol. The molecule has 1 saturated heterocycles. The number of fused-ring (bicyclic) bond motifs is 1. The Labute approximate surface area is 248 Å². The quantitative estimate of drug-likeness (QED) is 0.109. The summed E-state index contributed by atoms with van der Waals surface area (Å²) in [5, 5.41) is 35.9. The number of nitrogens with one attached hydrogen (secondary N) is 2. The lowest BCUT2D eigenvalue weighted by molar-refractivity contribution is -0.154. The number of carboxylic acids is 1. The van der Waals surface area contributed by atoms with Gasteiger partial charge in [-0.05, 0) is 17.7 Å². The highest BCUT2D eigenvalue weighted by molar-refractivity contribution is 8.00. The highest BCUT2D eigenvalue weighted by Gasteiger charge is 2.65. The van der Waals surface area contributed by atoms with E-state index in [0.717, 1.165) is 21.6 Å². The van der Waals surface area contributed by atoms with Gasteiger partial charge in [0.1, 0.15) is 16.8 Å². The normalized spacial score (nSPS) is 20.2. The number of aliphatic carboxylic acids is 1. The molecule has 0 bridgehead atoms. The lowest BCUT2D eigenvalue weighted by Crippen LogP contribution is -2.80. The van der Waals surface area contributed by atoms with Crippen LogP contribution >= 0.6 is 35.3 Å². The van der Waals surface area contributed by atoms with Crippen molar-refractivity contribution in [1.29, 1.82) is 0 Å². The molecule has 2 aliphatic rings. The first-order valence-electron chi connectivity index (χ1n) is 11.8. The molecule has 5 rings (SSSR count). The van der Waals surface area contributed by atoms with E-state index in [0.29, 0.717) is 23.4 Å². The van der Waals surface area contributed by atoms with Crippen molar-refractivity contribution in [2.75, 3.05) is 11.5 Å². The fourth-order valence-electron chi connectivity index (χ4n) is 4.48. The van der Waals surface area contributed by atoms with Crippen LogP contribution in [-0.2, 0) is 14.4 Å². The van der Waals surface area contributed by atoms with Crippen molar-refractivity contribution < 1.29 is 34.6 Å². The third kappa shape index (κ3) is 4.74. The smallest absolute Gasteiger partial charge is 0.352 e. The molecular formula is C24H19N7O8S3. The number of hydrogen-bond donors (Lipinski definition) is 6. The lowest BCUT2D eigenvalue weighted by atomic mass is 9.87. The average Bonchev–Trinajstić information content (AvgIpc) is 3.41. The summed E-state index contributed by atoms with van der Waals surface area (Å²) in [4.78, 5) is 73.4. The number of thiazole rings is 1. The van der Waals surface area contributed by atoms with Crippen LogP contribution in [0.5, 0.6) is 5.75 Å². The van der Waals surface area contributed by atoms with Crippen molar-refractivity contribution in [3.05, 3.63) is 75.0 Å². The van der Waals surface area contributed by atoms with E-state index in [4.69, 9.17) is 18.0 Å². The zero-order valence-corrected chi connectivity index (χ0v) is 23.4. The van der Waals surface area contributed by atoms with E-state index in [9.17, 15) is 39.4 Å². The van der Waals surface area contributed by atoms with Gasteiger partial charge >= 0.3 is 5.97 Å². The van der Waals surface area contributed by atoms with Crippen LogP contribution in [0, 0.1) is 0 Å². The molecule has 0 spiro atoms. The molecule has 42 heavy (non-hydrogen) atoms. The zero-order chi connectivity index (χ0) is 30.3. The summed E-state index contributed by atoms with van der Waals surface area (Å²) in [6.07, 6.45) is 3.59. The average molecular weight is 630 g/mol. The number of nitrogens with two attached hydrogens (primary N) is 1. The number of β-lactam (4-membered cyclic amide) rings is 1. The largest absolute Gasteiger partial charge is 0.503 e. The number of thioether (sulfide) groups is 1. The molecule has 3 amide bonds. The van der Waals surface area contributed by atoms with Crippen molar-refractivity contribution in [3.63, 3.8) is 0 Å². The number of nitrogen functional groups attached to an aromatic ring is 1. The standard InChI is InChI=1S/C24H19N7O8S3/c25-23-27-12(8-42-23)16(28-18(34)13-5-14(32)15(33)6-30(13)39)19(35)29-24(9-40)21(38)31-17(20(36)37)11(7-41-22(24)31)10-1-3-26-4-2-10/h1-6,8-9,16,22,33,39H,7H2,(H2,25,27)(H,28,34)(H,29,35)(H,36,37)/t16?,22-,24+/m1/s1. The van der Waals surface area contributed by atoms with Crippen LogP contribution in [0.1, 0.15) is 27.8 Å². The second-order valence-electron chi connectivity index (χ2n) is 8.95. The van der Waals surface area contributed by atoms with Gasteiger partial charge in [-0.25, -0.2) is 9.78 Å². The maximum absolute atomic E-state index is 13.7. The first-order chi connectivity index (χ1) is 20.0. The number of nitrogens with zero attached hydrogens (tertiary/aromatic N) is 4. The minimum atomic E-state index is -1.83. The Morgan fingerprint density at radius 2 is 1.98 bits per heavy atom. The van der Waals surface area contributed by atoms with Gasteiger partial charge in [0.05, 0.1) is 11.9 Å². The van der Waals surface area contributed by atoms with Gasteiger partial charge in [-0.1, -0.05) is 12.2 Å². The van der Waals surface area contributed by atoms with Gasteiger partial charge in [0.15, 0.2) is 22.5 Å². The molecule has 7 N–H and O–H groups in total. The molecule has 0 aromatic carbocycles. The van der Waals surface area contributed by atoms with Crippen LogP contribution in [0.3, 0.4) is 0 Å². The number of aromatic nitrogens is 3. The Bertz CT molecular complexity index is 1740. The number of aromatic hydroxyl groups is 1. The molecule has 15 nitrogen and oxygen atoms in total. The van der Waals surface area contributed by atoms with Crippen LogP contribution in [-0.4, -0.2) is 80.7 Å². The molecule has 18 heteroatoms. The van der Waals surface area contributed by atoms with Crippen molar-refractivity contribution in [2.24, 2.45) is 0 Å². The van der Waals surface area contributed by atoms with Crippen LogP contribution in [0.15, 0.2) is 52.7 Å². The number of amides is 3. The van der Waals surface area contributed by atoms with E-state index >= 15 is 0 Å². The second kappa shape index (κ2) is 10.9. The Balaban J connectivity index is 1.46. The van der Waals surface area contributed by atoms with Gasteiger partial charge in [0.2, 0.25) is 11.3 Å². The molecule has 2 aliphatic heterocycles. The summed E-state index contributed by atoms with van der Waals surface area (Å²) in [5.41, 5.74) is 2.97. The molecule has 216 valence electrons. The maximum Gasteiger partial charge on any atom is 0.352 e. The highest BCUT2D eigenvalue weighted by Crippen LogP contribution is 2.47. The van der Waals surface area contributed by atoms with E-state index in [-0.39, 0.29) is 27.0 Å². The molecule has 5 heterocycles. The highest BCUT2D eigenvalue weighted by atomic mass is 32.2. The first-order valence-corrected chi connectivity index (χ1v) is 14.2. The van der Waals surface area contributed by atoms with E-state index in [1.165, 1.54) is 29.5 Å². The summed E-state index contributed by atoms with van der Waals surface area (Å²) >= 11 is 7.29. The van der Waals surface area contributed by atoms with Gasteiger partial charge < -0.3 is 31.8 Å². The van der Waals surface area contributed by atoms with Crippen molar-refractivity contribution in [3.8, 4) is 5.75 Å². The Morgan fingerprint density at radius 1 is 1.26 bits per heavy atom. The summed E-state index contributed by atoms with van der Waals surface area (Å²) in [7, 11) is 0. The van der Waals surface area contributed by atoms with Crippen LogP contribution in [0.25, 0.3) is 5.57 Å². The third-order valence-corrected chi connectivity index (χ3v) is 8.89. The summed E-state index contributed by atoms with van der Waals surface area (Å²) in [5.74, 6) is -4.88. The number of hydrogen-bond acceptors (Lipinski definition) is 13. The maximum atomic E-state index is 13.7. The van der Waals surface area contributed by atoms with Crippen molar-refractivity contribution in [1.82, 2.24) is 30.2 Å². The monoisotopic (exact) mass is 629 g/mol. The van der Waals surface area contributed by atoms with Gasteiger partial charge in [-0.2, -0.15) is 4.73 Å². The van der Waals surface area contributed by atoms with Gasteiger partial charge in [-0.3, -0.25) is 29.1 Å². The Hall–Kier alpha value is -4.81. The molecule has 0 aliphatic carbocycles. The number of pyridine rings is 2. The predicted molar refractivity (Wildman–Crippen MR) is 153 cm³/mol. The number of carboxylic acid groups (broad SMARTS) is 1. The Kier molecular flexibility index (Phi) is 7.43. The predicted octanol–water partition coefficient (Wildman–Crippen LogP) is -0.0383. The van der Waals surface area contributed by atoms with Crippen molar-refractivity contribution >= 4 is 75.1 Å². The fourth-order valence-corrected chi connectivity index (χ4v) is 6.91. The molecule has 3 atom stereocenters. The van der Waals surface area contributed by atoms with E-state index in [2.05, 4.69) is 20.6 Å². The minimum Gasteiger partial charge on any atom is -0.503 e. The first kappa shape index (κ1) is 28.7. The van der Waals surface area contributed by atoms with Crippen LogP contribution in [0.4, 0.5) is 5.13 Å². The molecule has 3 aromatic rings. The van der Waals surface area contributed by atoms with E-state index < -0.39 is 57.5 Å². The summed E-state index contributed by atoms with van der Waals surface area (Å²) < 4.78 is 0.196. The third-order valence-electron chi connectivity index (χ3n) is 6.47. The number of anilines is 1. The molecule has 1 unspecified atom stereocenters. The SMILES string of the molecule is Nc1nc(C(NC(=O)c2cc(=O)c(O)cn2O)C(=O)N[C@@]2(C=S)C(=O)N3C(C(=O)O)=C(c4ccncc4)CS[C@@H]32)cs1. The fraction of sp³-hybridized carbons (Fsp3) is 0.167. The topological polar surface area (TPSA) is 230 Å². The number of thiocarbonyl (C=S) groups is 1. The van der Waals surface area contributed by atoms with Gasteiger partial charge in [0.25, 0.3) is 11.8 Å². The second-order valence-corrected chi connectivity index (χ2v) is 11.1. The van der Waals surface area contributed by atoms with Crippen LogP contribution < -0.4 is 21.8 Å². The van der Waals surface area contributed by atoms with Crippen molar-refractivity contribution in [2.45, 2.75) is 17.0 Å². The number of carbonyl (C=O) groups is 4. The molecule has 0 saturated carbocycles. The van der Waals surface area contributed by atoms with Gasteiger partial charge in [0, 0.05) is 40.5 Å². The zero-order valence-electron chi connectivity index (χ0n) is 21.0. The summed E-state index contributed by atoms with van der Waals surface area (Å²) in [6.45, 7) is 0. The van der Waals surface area contributed by atoms with Gasteiger partial charge in [-0.15, -0.1) is 23.1 Å². The number of carbonyl (C=O) groups excluding carboxylic acids is 3. The van der Waals surface area contributed by atoms with Crippen LogP contribution in [0.2, 0.25) is 0 Å². The molecule has 3 aromatic heterocycles. The minimum absolute atomic E-state index is 0.0282.